The van der Waals surface area contributed by atoms with E-state index in [1.54, 1.807) is 0 Å². The molecule has 0 saturated carbocycles. The van der Waals surface area contributed by atoms with Crippen molar-refractivity contribution in [2.24, 2.45) is 0 Å². The van der Waals surface area contributed by atoms with Gasteiger partial charge in [0.2, 0.25) is 0 Å². The first-order chi connectivity index (χ1) is 12.5. The number of nitrogens with one attached hydrogen (secondary N) is 1. The molecule has 0 radical (unpaired) electrons. The molecule has 0 unspecified atom stereocenters. The van der Waals surface area contributed by atoms with Crippen molar-refractivity contribution in [3.05, 3.63) is 40.8 Å². The summed E-state index contributed by atoms with van der Waals surface area (Å²) in [5.41, 5.74) is 2.15. The van der Waals surface area contributed by atoms with Crippen molar-refractivity contribution in [2.45, 2.75) is 45.8 Å². The van der Waals surface area contributed by atoms with E-state index in [9.17, 15) is 9.59 Å². The van der Waals surface area contributed by atoms with Gasteiger partial charge in [-0.05, 0) is 39.2 Å². The fourth-order valence-corrected chi connectivity index (χ4v) is 4.10. The maximum atomic E-state index is 12.8. The summed E-state index contributed by atoms with van der Waals surface area (Å²) >= 11 is 1.39. The van der Waals surface area contributed by atoms with Crippen LogP contribution in [-0.4, -0.2) is 30.7 Å². The molecule has 1 fully saturated rings. The molecule has 1 atom stereocenters. The summed E-state index contributed by atoms with van der Waals surface area (Å²) in [6, 6.07) is 9.68. The summed E-state index contributed by atoms with van der Waals surface area (Å²) in [7, 11) is 0. The van der Waals surface area contributed by atoms with E-state index in [0.717, 1.165) is 22.4 Å². The highest BCUT2D eigenvalue weighted by Crippen LogP contribution is 2.40. The van der Waals surface area contributed by atoms with Gasteiger partial charge >= 0.3 is 5.97 Å². The van der Waals surface area contributed by atoms with Gasteiger partial charge in [-0.3, -0.25) is 4.79 Å². The first kappa shape index (κ1) is 18.6. The molecule has 0 bridgehead atoms. The van der Waals surface area contributed by atoms with Gasteiger partial charge in [0, 0.05) is 17.0 Å². The van der Waals surface area contributed by atoms with Crippen molar-refractivity contribution in [2.75, 3.05) is 11.9 Å². The average Bonchev–Trinajstić information content (AvgIpc) is 3.23. The molecule has 2 heterocycles. The minimum absolute atomic E-state index is 0.207. The normalized spacial score (nSPS) is 16.7. The number of hydrogen-bond donors (Lipinski definition) is 1. The predicted molar refractivity (Wildman–Crippen MR) is 103 cm³/mol. The number of benzene rings is 1. The second-order valence-electron chi connectivity index (χ2n) is 6.55. The molecule has 0 aliphatic carbocycles. The number of thiophene rings is 1. The molecule has 1 amide bonds. The molecule has 2 aromatic rings. The van der Waals surface area contributed by atoms with Crippen molar-refractivity contribution in [1.82, 2.24) is 0 Å². The molecule has 1 saturated heterocycles. The molecule has 1 aliphatic heterocycles. The van der Waals surface area contributed by atoms with E-state index >= 15 is 0 Å². The Bertz CT molecular complexity index is 792. The van der Waals surface area contributed by atoms with E-state index in [4.69, 9.17) is 9.47 Å². The number of carbonyl (C=O) groups is 2. The van der Waals surface area contributed by atoms with Crippen LogP contribution in [0, 0.1) is 6.92 Å². The highest BCUT2D eigenvalue weighted by Gasteiger charge is 2.29. The Hall–Kier alpha value is -2.18. The third-order valence-electron chi connectivity index (χ3n) is 4.15. The predicted octanol–water partition coefficient (Wildman–Crippen LogP) is 4.41. The SMILES string of the molecule is Cc1sc(NC(=O)[C@@H]2CCCO2)c(C(=O)OC(C)C)c1-c1ccccc1. The molecule has 26 heavy (non-hydrogen) atoms. The third-order valence-corrected chi connectivity index (χ3v) is 5.17. The Kier molecular flexibility index (Phi) is 5.74. The van der Waals surface area contributed by atoms with Crippen molar-refractivity contribution < 1.29 is 19.1 Å². The molecule has 3 rings (SSSR count). The van der Waals surface area contributed by atoms with Crippen LogP contribution >= 0.6 is 11.3 Å². The number of anilines is 1. The zero-order valence-electron chi connectivity index (χ0n) is 15.2. The second kappa shape index (κ2) is 8.01. The lowest BCUT2D eigenvalue weighted by Crippen LogP contribution is -2.27. The van der Waals surface area contributed by atoms with E-state index in [0.29, 0.717) is 23.6 Å². The first-order valence-corrected chi connectivity index (χ1v) is 9.61. The first-order valence-electron chi connectivity index (χ1n) is 8.79. The summed E-state index contributed by atoms with van der Waals surface area (Å²) in [5.74, 6) is -0.632. The third kappa shape index (κ3) is 3.97. The molecule has 0 spiro atoms. The summed E-state index contributed by atoms with van der Waals surface area (Å²) in [4.78, 5) is 26.2. The van der Waals surface area contributed by atoms with Crippen LogP contribution in [-0.2, 0) is 14.3 Å². The fourth-order valence-electron chi connectivity index (χ4n) is 3.03. The maximum Gasteiger partial charge on any atom is 0.342 e. The quantitative estimate of drug-likeness (QED) is 0.789. The Morgan fingerprint density at radius 1 is 1.27 bits per heavy atom. The topological polar surface area (TPSA) is 64.6 Å². The highest BCUT2D eigenvalue weighted by molar-refractivity contribution is 7.17. The number of rotatable bonds is 5. The lowest BCUT2D eigenvalue weighted by atomic mass is 10.0. The van der Waals surface area contributed by atoms with Crippen molar-refractivity contribution in [3.8, 4) is 11.1 Å². The largest absolute Gasteiger partial charge is 0.459 e. The number of amides is 1. The Balaban J connectivity index is 2.00. The minimum Gasteiger partial charge on any atom is -0.459 e. The van der Waals surface area contributed by atoms with Crippen LogP contribution in [0.15, 0.2) is 30.3 Å². The van der Waals surface area contributed by atoms with Gasteiger partial charge in [-0.25, -0.2) is 4.79 Å². The molecule has 1 aliphatic rings. The Labute approximate surface area is 157 Å². The zero-order valence-corrected chi connectivity index (χ0v) is 16.0. The smallest absolute Gasteiger partial charge is 0.342 e. The summed E-state index contributed by atoms with van der Waals surface area (Å²) in [6.45, 7) is 6.16. The van der Waals surface area contributed by atoms with Gasteiger partial charge in [-0.2, -0.15) is 0 Å². The molecule has 1 aromatic carbocycles. The van der Waals surface area contributed by atoms with Crippen LogP contribution in [0.3, 0.4) is 0 Å². The maximum absolute atomic E-state index is 12.8. The Morgan fingerprint density at radius 2 is 2.00 bits per heavy atom. The number of aryl methyl sites for hydroxylation is 1. The zero-order chi connectivity index (χ0) is 18.7. The number of esters is 1. The molecule has 1 N–H and O–H groups in total. The van der Waals surface area contributed by atoms with Gasteiger partial charge in [-0.1, -0.05) is 30.3 Å². The molecular formula is C20H23NO4S. The van der Waals surface area contributed by atoms with Crippen LogP contribution in [0.25, 0.3) is 11.1 Å². The molecular weight excluding hydrogens is 350 g/mol. The van der Waals surface area contributed by atoms with E-state index in [-0.39, 0.29) is 12.0 Å². The molecule has 138 valence electrons. The van der Waals surface area contributed by atoms with Crippen molar-refractivity contribution in [1.29, 1.82) is 0 Å². The monoisotopic (exact) mass is 373 g/mol. The van der Waals surface area contributed by atoms with Crippen molar-refractivity contribution in [3.63, 3.8) is 0 Å². The lowest BCUT2D eigenvalue weighted by molar-refractivity contribution is -0.124. The average molecular weight is 373 g/mol. The standard InChI is InChI=1S/C20H23NO4S/c1-12(2)25-20(23)17-16(14-8-5-4-6-9-14)13(3)26-19(17)21-18(22)15-10-7-11-24-15/h4-6,8-9,12,15H,7,10-11H2,1-3H3,(H,21,22)/t15-/m0/s1. The molecule has 1 aromatic heterocycles. The van der Waals surface area contributed by atoms with Crippen molar-refractivity contribution >= 4 is 28.2 Å². The molecule has 6 heteroatoms. The number of ether oxygens (including phenoxy) is 2. The highest BCUT2D eigenvalue weighted by atomic mass is 32.1. The van der Waals surface area contributed by atoms with Crippen LogP contribution in [0.1, 0.15) is 41.9 Å². The van der Waals surface area contributed by atoms with Crippen LogP contribution in [0.5, 0.6) is 0 Å². The summed E-state index contributed by atoms with van der Waals surface area (Å²) in [6.07, 6.45) is 0.881. The van der Waals surface area contributed by atoms with E-state index in [1.807, 2.05) is 51.1 Å². The molecule has 5 nitrogen and oxygen atoms in total. The minimum atomic E-state index is -0.452. The lowest BCUT2D eigenvalue weighted by Gasteiger charge is -2.13. The summed E-state index contributed by atoms with van der Waals surface area (Å²) < 4.78 is 10.9. The van der Waals surface area contributed by atoms with Gasteiger partial charge in [0.15, 0.2) is 0 Å². The van der Waals surface area contributed by atoms with Gasteiger partial charge in [0.05, 0.1) is 6.10 Å². The number of carbonyl (C=O) groups excluding carboxylic acids is 2. The van der Waals surface area contributed by atoms with Crippen LogP contribution in [0.2, 0.25) is 0 Å². The summed E-state index contributed by atoms with van der Waals surface area (Å²) in [5, 5.41) is 3.41. The fraction of sp³-hybridized carbons (Fsp3) is 0.400. The van der Waals surface area contributed by atoms with Gasteiger partial charge in [-0.15, -0.1) is 11.3 Å². The van der Waals surface area contributed by atoms with Gasteiger partial charge < -0.3 is 14.8 Å². The van der Waals surface area contributed by atoms with E-state index in [2.05, 4.69) is 5.32 Å². The van der Waals surface area contributed by atoms with Crippen LogP contribution < -0.4 is 5.32 Å². The second-order valence-corrected chi connectivity index (χ2v) is 7.77. The van der Waals surface area contributed by atoms with E-state index in [1.165, 1.54) is 11.3 Å². The number of hydrogen-bond acceptors (Lipinski definition) is 5. The van der Waals surface area contributed by atoms with Gasteiger partial charge in [0.1, 0.15) is 16.7 Å². The van der Waals surface area contributed by atoms with Crippen LogP contribution in [0.4, 0.5) is 5.00 Å². The van der Waals surface area contributed by atoms with E-state index < -0.39 is 12.1 Å². The van der Waals surface area contributed by atoms with Gasteiger partial charge in [0.25, 0.3) is 5.91 Å². The Morgan fingerprint density at radius 3 is 2.62 bits per heavy atom.